The molecule has 0 atom stereocenters. The van der Waals surface area contributed by atoms with E-state index in [2.05, 4.69) is 16.0 Å². The smallest absolute Gasteiger partial charge is 0.101 e. The van der Waals surface area contributed by atoms with Gasteiger partial charge in [0.25, 0.3) is 0 Å². The second-order valence-electron chi connectivity index (χ2n) is 5.82. The lowest BCUT2D eigenvalue weighted by Crippen LogP contribution is -2.20. The van der Waals surface area contributed by atoms with Gasteiger partial charge in [-0.2, -0.15) is 5.26 Å². The quantitative estimate of drug-likeness (QED) is 0.646. The number of benzene rings is 1. The van der Waals surface area contributed by atoms with Gasteiger partial charge in [-0.1, -0.05) is 35.3 Å². The van der Waals surface area contributed by atoms with Gasteiger partial charge in [-0.05, 0) is 30.8 Å². The predicted octanol–water partition coefficient (Wildman–Crippen LogP) is 4.82. The zero-order valence-electron chi connectivity index (χ0n) is 13.7. The lowest BCUT2D eigenvalue weighted by atomic mass is 10.1. The fourth-order valence-corrected chi connectivity index (χ4v) is 3.14. The van der Waals surface area contributed by atoms with E-state index in [1.165, 1.54) is 5.56 Å². The number of rotatable bonds is 5. The van der Waals surface area contributed by atoms with Gasteiger partial charge in [0.15, 0.2) is 0 Å². The summed E-state index contributed by atoms with van der Waals surface area (Å²) in [5.74, 6) is 0. The van der Waals surface area contributed by atoms with E-state index in [-0.39, 0.29) is 0 Å². The summed E-state index contributed by atoms with van der Waals surface area (Å²) in [5, 5.41) is 10.4. The molecule has 0 aliphatic rings. The van der Waals surface area contributed by atoms with Gasteiger partial charge in [-0.3, -0.25) is 9.88 Å². The Labute approximate surface area is 156 Å². The molecule has 6 heteroatoms. The highest BCUT2D eigenvalue weighted by Crippen LogP contribution is 2.35. The van der Waals surface area contributed by atoms with E-state index in [4.69, 9.17) is 23.2 Å². The minimum absolute atomic E-state index is 0.462. The largest absolute Gasteiger partial charge is 0.339 e. The van der Waals surface area contributed by atoms with Crippen molar-refractivity contribution in [1.82, 2.24) is 14.5 Å². The van der Waals surface area contributed by atoms with Crippen LogP contribution in [-0.4, -0.2) is 21.5 Å². The topological polar surface area (TPSA) is 44.9 Å². The Morgan fingerprint density at radius 3 is 2.60 bits per heavy atom. The summed E-state index contributed by atoms with van der Waals surface area (Å²) in [6.45, 7) is 1.44. The number of pyridine rings is 1. The molecule has 2 aromatic heterocycles. The molecule has 0 aliphatic carbocycles. The van der Waals surface area contributed by atoms with E-state index in [0.29, 0.717) is 22.3 Å². The van der Waals surface area contributed by atoms with Gasteiger partial charge in [-0.25, -0.2) is 0 Å². The standard InChI is InChI=1S/C19H16Cl2N4/c1-24(10-14-5-7-23-8-6-14)13-25-11-15(9-22)17(12-25)16-3-2-4-18(20)19(16)21/h2-8,11-12H,10,13H2,1H3. The number of nitriles is 1. The molecule has 0 radical (unpaired) electrons. The van der Waals surface area contributed by atoms with E-state index in [1.54, 1.807) is 18.5 Å². The van der Waals surface area contributed by atoms with E-state index in [1.807, 2.05) is 48.3 Å². The lowest BCUT2D eigenvalue weighted by Gasteiger charge is -2.17. The van der Waals surface area contributed by atoms with Crippen LogP contribution in [0.5, 0.6) is 0 Å². The van der Waals surface area contributed by atoms with Crippen molar-refractivity contribution in [3.63, 3.8) is 0 Å². The van der Waals surface area contributed by atoms with Crippen LogP contribution in [0.4, 0.5) is 0 Å². The SMILES string of the molecule is CN(Cc1ccncc1)Cn1cc(C#N)c(-c2cccc(Cl)c2Cl)c1. The molecule has 0 fully saturated rings. The van der Waals surface area contributed by atoms with Gasteiger partial charge in [-0.15, -0.1) is 0 Å². The summed E-state index contributed by atoms with van der Waals surface area (Å²) in [7, 11) is 2.03. The first kappa shape index (κ1) is 17.5. The molecule has 0 bridgehead atoms. The molecule has 4 nitrogen and oxygen atoms in total. The van der Waals surface area contributed by atoms with Crippen LogP contribution in [0.3, 0.4) is 0 Å². The highest BCUT2D eigenvalue weighted by molar-refractivity contribution is 6.43. The summed E-state index contributed by atoms with van der Waals surface area (Å²) >= 11 is 12.4. The van der Waals surface area contributed by atoms with Crippen molar-refractivity contribution < 1.29 is 0 Å². The van der Waals surface area contributed by atoms with Crippen molar-refractivity contribution in [3.8, 4) is 17.2 Å². The first-order chi connectivity index (χ1) is 12.1. The lowest BCUT2D eigenvalue weighted by molar-refractivity contribution is 0.261. The molecule has 3 rings (SSSR count). The molecule has 0 spiro atoms. The van der Waals surface area contributed by atoms with Crippen molar-refractivity contribution in [2.24, 2.45) is 0 Å². The molecule has 0 N–H and O–H groups in total. The number of halogens is 2. The number of aromatic nitrogens is 2. The first-order valence-corrected chi connectivity index (χ1v) is 8.46. The Kier molecular flexibility index (Phi) is 5.40. The molecule has 0 aliphatic heterocycles. The summed E-state index contributed by atoms with van der Waals surface area (Å²) in [6, 6.07) is 11.7. The van der Waals surface area contributed by atoms with Crippen molar-refractivity contribution in [2.75, 3.05) is 7.05 Å². The fraction of sp³-hybridized carbons (Fsp3) is 0.158. The summed E-state index contributed by atoms with van der Waals surface area (Å²) in [6.07, 6.45) is 7.33. The third-order valence-electron chi connectivity index (χ3n) is 3.85. The third kappa shape index (κ3) is 4.02. The maximum Gasteiger partial charge on any atom is 0.101 e. The van der Waals surface area contributed by atoms with Crippen LogP contribution < -0.4 is 0 Å². The van der Waals surface area contributed by atoms with Gasteiger partial charge in [0.2, 0.25) is 0 Å². The minimum Gasteiger partial charge on any atom is -0.339 e. The van der Waals surface area contributed by atoms with Gasteiger partial charge >= 0.3 is 0 Å². The van der Waals surface area contributed by atoms with Crippen LogP contribution in [0.25, 0.3) is 11.1 Å². The van der Waals surface area contributed by atoms with Crippen LogP contribution in [0.1, 0.15) is 11.1 Å². The average molecular weight is 371 g/mol. The summed E-state index contributed by atoms with van der Waals surface area (Å²) < 4.78 is 1.98. The Balaban J connectivity index is 1.83. The maximum absolute atomic E-state index is 9.46. The molecule has 25 heavy (non-hydrogen) atoms. The molecule has 0 saturated carbocycles. The van der Waals surface area contributed by atoms with Crippen LogP contribution in [-0.2, 0) is 13.2 Å². The van der Waals surface area contributed by atoms with Gasteiger partial charge in [0.05, 0.1) is 22.3 Å². The predicted molar refractivity (Wildman–Crippen MR) is 100 cm³/mol. The van der Waals surface area contributed by atoms with Crippen LogP contribution in [0.15, 0.2) is 55.1 Å². The molecule has 2 heterocycles. The first-order valence-electron chi connectivity index (χ1n) is 7.70. The van der Waals surface area contributed by atoms with Gasteiger partial charge in [0.1, 0.15) is 6.07 Å². The van der Waals surface area contributed by atoms with Crippen LogP contribution >= 0.6 is 23.2 Å². The summed E-state index contributed by atoms with van der Waals surface area (Å²) in [4.78, 5) is 6.18. The molecule has 0 saturated heterocycles. The third-order valence-corrected chi connectivity index (χ3v) is 4.67. The van der Waals surface area contributed by atoms with Crippen molar-refractivity contribution in [3.05, 3.63) is 76.3 Å². The van der Waals surface area contributed by atoms with E-state index in [0.717, 1.165) is 17.7 Å². The van der Waals surface area contributed by atoms with E-state index in [9.17, 15) is 5.26 Å². The normalized spacial score (nSPS) is 10.8. The zero-order valence-corrected chi connectivity index (χ0v) is 15.2. The van der Waals surface area contributed by atoms with E-state index < -0.39 is 0 Å². The Hall–Kier alpha value is -2.32. The fourth-order valence-electron chi connectivity index (χ4n) is 2.73. The Morgan fingerprint density at radius 2 is 1.88 bits per heavy atom. The van der Waals surface area contributed by atoms with E-state index >= 15 is 0 Å². The van der Waals surface area contributed by atoms with Crippen LogP contribution in [0.2, 0.25) is 10.0 Å². The second kappa shape index (κ2) is 7.71. The molecule has 0 unspecified atom stereocenters. The average Bonchev–Trinajstić information content (AvgIpc) is 3.00. The number of hydrogen-bond donors (Lipinski definition) is 0. The highest BCUT2D eigenvalue weighted by Gasteiger charge is 2.14. The highest BCUT2D eigenvalue weighted by atomic mass is 35.5. The molecule has 3 aromatic rings. The van der Waals surface area contributed by atoms with Crippen molar-refractivity contribution in [2.45, 2.75) is 13.2 Å². The van der Waals surface area contributed by atoms with Crippen LogP contribution in [0, 0.1) is 11.3 Å². The molecule has 0 amide bonds. The van der Waals surface area contributed by atoms with Gasteiger partial charge in [0, 0.05) is 42.5 Å². The Bertz CT molecular complexity index is 913. The molecule has 1 aromatic carbocycles. The van der Waals surface area contributed by atoms with Crippen molar-refractivity contribution >= 4 is 23.2 Å². The minimum atomic E-state index is 0.462. The number of nitrogens with zero attached hydrogens (tertiary/aromatic N) is 4. The zero-order chi connectivity index (χ0) is 17.8. The number of hydrogen-bond acceptors (Lipinski definition) is 3. The molecular weight excluding hydrogens is 355 g/mol. The second-order valence-corrected chi connectivity index (χ2v) is 6.61. The molecular formula is C19H16Cl2N4. The van der Waals surface area contributed by atoms with Crippen molar-refractivity contribution in [1.29, 1.82) is 5.26 Å². The summed E-state index contributed by atoms with van der Waals surface area (Å²) in [5.41, 5.74) is 3.30. The maximum atomic E-state index is 9.46. The Morgan fingerprint density at radius 1 is 1.12 bits per heavy atom. The molecule has 126 valence electrons. The monoisotopic (exact) mass is 370 g/mol. The van der Waals surface area contributed by atoms with Gasteiger partial charge < -0.3 is 4.57 Å².